The van der Waals surface area contributed by atoms with Crippen LogP contribution in [0.15, 0.2) is 12.2 Å². The molecular weight excluding hydrogens is 138 g/mol. The maximum atomic E-state index is 10.0. The third-order valence-corrected chi connectivity index (χ3v) is 2.59. The van der Waals surface area contributed by atoms with Crippen LogP contribution in [0.4, 0.5) is 0 Å². The minimum atomic E-state index is -0.535. The molecule has 0 aromatic heterocycles. The van der Waals surface area contributed by atoms with E-state index in [0.29, 0.717) is 0 Å². The molecule has 2 heteroatoms. The van der Waals surface area contributed by atoms with E-state index in [9.17, 15) is 5.11 Å². The van der Waals surface area contributed by atoms with Crippen LogP contribution in [0.2, 0.25) is 0 Å². The third kappa shape index (κ3) is 1.63. The van der Waals surface area contributed by atoms with Gasteiger partial charge in [0.05, 0.1) is 11.6 Å². The largest absolute Gasteiger partial charge is 0.388 e. The molecule has 0 aliphatic carbocycles. The van der Waals surface area contributed by atoms with E-state index in [2.05, 4.69) is 17.5 Å². The van der Waals surface area contributed by atoms with Crippen molar-refractivity contribution in [1.29, 1.82) is 0 Å². The Balaban J connectivity index is 2.60. The van der Waals surface area contributed by atoms with E-state index in [1.165, 1.54) is 0 Å². The minimum absolute atomic E-state index is 0.164. The maximum Gasteiger partial charge on any atom is 0.0830 e. The molecule has 1 aliphatic rings. The lowest BCUT2D eigenvalue weighted by Crippen LogP contribution is -2.46. The lowest BCUT2D eigenvalue weighted by atomic mass is 9.89. The Morgan fingerprint density at radius 2 is 2.18 bits per heavy atom. The molecule has 1 rings (SSSR count). The molecule has 0 spiro atoms. The highest BCUT2D eigenvalue weighted by Crippen LogP contribution is 2.22. The first kappa shape index (κ1) is 8.75. The molecule has 11 heavy (non-hydrogen) atoms. The highest BCUT2D eigenvalue weighted by atomic mass is 16.3. The van der Waals surface area contributed by atoms with E-state index >= 15 is 0 Å². The number of aliphatic hydroxyl groups is 1. The summed E-state index contributed by atoms with van der Waals surface area (Å²) in [6.07, 6.45) is 5.75. The van der Waals surface area contributed by atoms with Gasteiger partial charge in [0.1, 0.15) is 0 Å². The Morgan fingerprint density at radius 3 is 2.55 bits per heavy atom. The van der Waals surface area contributed by atoms with Gasteiger partial charge in [0.2, 0.25) is 0 Å². The molecule has 0 bridgehead atoms. The predicted octanol–water partition coefficient (Wildman–Crippen LogP) is 1.07. The van der Waals surface area contributed by atoms with Gasteiger partial charge in [-0.2, -0.15) is 0 Å². The average Bonchev–Trinajstić information content (AvgIpc) is 2.55. The SMILES string of the molecule is CCC(O)(CC)C1C=CCN1. The second kappa shape index (κ2) is 3.37. The monoisotopic (exact) mass is 155 g/mol. The van der Waals surface area contributed by atoms with Gasteiger partial charge >= 0.3 is 0 Å². The van der Waals surface area contributed by atoms with E-state index in [1.54, 1.807) is 0 Å². The van der Waals surface area contributed by atoms with Crippen LogP contribution in [0, 0.1) is 0 Å². The smallest absolute Gasteiger partial charge is 0.0830 e. The molecule has 1 atom stereocenters. The van der Waals surface area contributed by atoms with Gasteiger partial charge in [-0.3, -0.25) is 0 Å². The molecule has 2 nitrogen and oxygen atoms in total. The van der Waals surface area contributed by atoms with Crippen LogP contribution in [-0.4, -0.2) is 23.3 Å². The van der Waals surface area contributed by atoms with E-state index in [1.807, 2.05) is 13.8 Å². The van der Waals surface area contributed by atoms with Gasteiger partial charge in [-0.15, -0.1) is 0 Å². The van der Waals surface area contributed by atoms with Crippen molar-refractivity contribution in [2.24, 2.45) is 0 Å². The number of nitrogens with one attached hydrogen (secondary N) is 1. The molecule has 0 fully saturated rings. The standard InChI is InChI=1S/C9H17NO/c1-3-9(11,4-2)8-6-5-7-10-8/h5-6,8,10-11H,3-4,7H2,1-2H3. The Labute approximate surface area is 68.3 Å². The number of rotatable bonds is 3. The van der Waals surface area contributed by atoms with Gasteiger partial charge in [0.15, 0.2) is 0 Å². The topological polar surface area (TPSA) is 32.3 Å². The number of hydrogen-bond donors (Lipinski definition) is 2. The van der Waals surface area contributed by atoms with Gasteiger partial charge in [0, 0.05) is 6.54 Å². The highest BCUT2D eigenvalue weighted by Gasteiger charge is 2.32. The summed E-state index contributed by atoms with van der Waals surface area (Å²) < 4.78 is 0. The first-order chi connectivity index (χ1) is 5.23. The van der Waals surface area contributed by atoms with E-state index in [-0.39, 0.29) is 6.04 Å². The zero-order chi connectivity index (χ0) is 8.32. The fourth-order valence-electron chi connectivity index (χ4n) is 1.53. The Hall–Kier alpha value is -0.340. The van der Waals surface area contributed by atoms with Crippen LogP contribution in [0.1, 0.15) is 26.7 Å². The molecule has 1 heterocycles. The average molecular weight is 155 g/mol. The van der Waals surface area contributed by atoms with E-state index < -0.39 is 5.60 Å². The second-order valence-corrected chi connectivity index (χ2v) is 3.12. The van der Waals surface area contributed by atoms with Gasteiger partial charge in [-0.1, -0.05) is 26.0 Å². The second-order valence-electron chi connectivity index (χ2n) is 3.12. The van der Waals surface area contributed by atoms with Crippen molar-refractivity contribution < 1.29 is 5.11 Å². The molecule has 0 aromatic rings. The molecule has 0 amide bonds. The Morgan fingerprint density at radius 1 is 1.55 bits per heavy atom. The Kier molecular flexibility index (Phi) is 2.68. The van der Waals surface area contributed by atoms with Crippen molar-refractivity contribution in [2.75, 3.05) is 6.54 Å². The summed E-state index contributed by atoms with van der Waals surface area (Å²) in [7, 11) is 0. The Bertz CT molecular complexity index is 150. The van der Waals surface area contributed by atoms with Crippen molar-refractivity contribution in [2.45, 2.75) is 38.3 Å². The third-order valence-electron chi connectivity index (χ3n) is 2.59. The van der Waals surface area contributed by atoms with Crippen molar-refractivity contribution >= 4 is 0 Å². The van der Waals surface area contributed by atoms with Gasteiger partial charge < -0.3 is 10.4 Å². The molecule has 64 valence electrons. The minimum Gasteiger partial charge on any atom is -0.388 e. The summed E-state index contributed by atoms with van der Waals surface area (Å²) in [6.45, 7) is 4.95. The van der Waals surface area contributed by atoms with E-state index in [4.69, 9.17) is 0 Å². The summed E-state index contributed by atoms with van der Waals surface area (Å²) >= 11 is 0. The first-order valence-electron chi connectivity index (χ1n) is 4.35. The van der Waals surface area contributed by atoms with Gasteiger partial charge in [-0.25, -0.2) is 0 Å². The highest BCUT2D eigenvalue weighted by molar-refractivity contribution is 5.10. The van der Waals surface area contributed by atoms with Crippen LogP contribution in [-0.2, 0) is 0 Å². The first-order valence-corrected chi connectivity index (χ1v) is 4.35. The molecule has 1 aliphatic heterocycles. The zero-order valence-electron chi connectivity index (χ0n) is 7.30. The quantitative estimate of drug-likeness (QED) is 0.597. The van der Waals surface area contributed by atoms with Crippen LogP contribution in [0.3, 0.4) is 0 Å². The fourth-order valence-corrected chi connectivity index (χ4v) is 1.53. The van der Waals surface area contributed by atoms with Crippen LogP contribution < -0.4 is 5.32 Å². The molecule has 0 saturated carbocycles. The summed E-state index contributed by atoms with van der Waals surface area (Å²) in [5.74, 6) is 0. The lowest BCUT2D eigenvalue weighted by Gasteiger charge is -2.31. The van der Waals surface area contributed by atoms with Gasteiger partial charge in [0.25, 0.3) is 0 Å². The van der Waals surface area contributed by atoms with Crippen LogP contribution in [0.25, 0.3) is 0 Å². The van der Waals surface area contributed by atoms with Crippen molar-refractivity contribution in [3.05, 3.63) is 12.2 Å². The van der Waals surface area contributed by atoms with Crippen molar-refractivity contribution in [3.63, 3.8) is 0 Å². The molecule has 1 unspecified atom stereocenters. The van der Waals surface area contributed by atoms with E-state index in [0.717, 1.165) is 19.4 Å². The van der Waals surface area contributed by atoms with Crippen molar-refractivity contribution in [3.8, 4) is 0 Å². The fraction of sp³-hybridized carbons (Fsp3) is 0.778. The lowest BCUT2D eigenvalue weighted by molar-refractivity contribution is 0.0123. The molecule has 0 radical (unpaired) electrons. The van der Waals surface area contributed by atoms with Crippen LogP contribution >= 0.6 is 0 Å². The summed E-state index contributed by atoms with van der Waals surface area (Å²) in [5, 5.41) is 13.3. The molecular formula is C9H17NO. The summed E-state index contributed by atoms with van der Waals surface area (Å²) in [5.41, 5.74) is -0.535. The van der Waals surface area contributed by atoms with Gasteiger partial charge in [-0.05, 0) is 12.8 Å². The predicted molar refractivity (Wildman–Crippen MR) is 46.5 cm³/mol. The molecule has 0 saturated heterocycles. The molecule has 0 aromatic carbocycles. The van der Waals surface area contributed by atoms with Crippen LogP contribution in [0.5, 0.6) is 0 Å². The summed E-state index contributed by atoms with van der Waals surface area (Å²) in [4.78, 5) is 0. The normalized spacial score (nSPS) is 24.5. The zero-order valence-corrected chi connectivity index (χ0v) is 7.30. The maximum absolute atomic E-state index is 10.0. The van der Waals surface area contributed by atoms with Crippen molar-refractivity contribution in [1.82, 2.24) is 5.32 Å². The summed E-state index contributed by atoms with van der Waals surface area (Å²) in [6, 6.07) is 0.164. The number of hydrogen-bond acceptors (Lipinski definition) is 2. The molecule has 2 N–H and O–H groups in total.